The molecule has 2 rings (SSSR count). The molecule has 4 nitrogen and oxygen atoms in total. The highest BCUT2D eigenvalue weighted by Gasteiger charge is 2.11. The highest BCUT2D eigenvalue weighted by atomic mass is 16.5. The molecule has 1 unspecified atom stereocenters. The SMILES string of the molecule is CCC(CO)NCc1ccc2c(c1)OCCCO2. The lowest BCUT2D eigenvalue weighted by Crippen LogP contribution is -2.31. The van der Waals surface area contributed by atoms with Crippen LogP contribution in [0.3, 0.4) is 0 Å². The lowest BCUT2D eigenvalue weighted by atomic mass is 10.1. The maximum Gasteiger partial charge on any atom is 0.161 e. The van der Waals surface area contributed by atoms with Crippen molar-refractivity contribution in [1.82, 2.24) is 5.32 Å². The molecule has 0 bridgehead atoms. The van der Waals surface area contributed by atoms with Crippen molar-refractivity contribution in [2.45, 2.75) is 32.4 Å². The largest absolute Gasteiger partial charge is 0.490 e. The van der Waals surface area contributed by atoms with E-state index in [9.17, 15) is 0 Å². The van der Waals surface area contributed by atoms with Gasteiger partial charge in [-0.2, -0.15) is 0 Å². The fraction of sp³-hybridized carbons (Fsp3) is 0.571. The Morgan fingerprint density at radius 1 is 1.28 bits per heavy atom. The number of hydrogen-bond donors (Lipinski definition) is 2. The lowest BCUT2D eigenvalue weighted by Gasteiger charge is -2.15. The Kier molecular flexibility index (Phi) is 4.84. The molecule has 18 heavy (non-hydrogen) atoms. The Labute approximate surface area is 108 Å². The fourth-order valence-corrected chi connectivity index (χ4v) is 1.92. The molecule has 0 saturated carbocycles. The number of ether oxygens (including phenoxy) is 2. The molecule has 0 fully saturated rings. The standard InChI is InChI=1S/C14H21NO3/c1-2-12(10-16)15-9-11-4-5-13-14(8-11)18-7-3-6-17-13/h4-5,8,12,15-16H,2-3,6-7,9-10H2,1H3. The van der Waals surface area contributed by atoms with Crippen molar-refractivity contribution in [3.63, 3.8) is 0 Å². The van der Waals surface area contributed by atoms with Gasteiger partial charge in [0.15, 0.2) is 11.5 Å². The van der Waals surface area contributed by atoms with Crippen LogP contribution < -0.4 is 14.8 Å². The molecule has 4 heteroatoms. The van der Waals surface area contributed by atoms with E-state index in [1.165, 1.54) is 0 Å². The molecular formula is C14H21NO3. The number of aliphatic hydroxyl groups is 1. The van der Waals surface area contributed by atoms with Crippen molar-refractivity contribution in [2.75, 3.05) is 19.8 Å². The van der Waals surface area contributed by atoms with Gasteiger partial charge in [-0.1, -0.05) is 13.0 Å². The first-order valence-corrected chi connectivity index (χ1v) is 6.56. The minimum Gasteiger partial charge on any atom is -0.490 e. The number of fused-ring (bicyclic) bond motifs is 1. The van der Waals surface area contributed by atoms with E-state index in [0.29, 0.717) is 13.2 Å². The summed E-state index contributed by atoms with van der Waals surface area (Å²) in [4.78, 5) is 0. The summed E-state index contributed by atoms with van der Waals surface area (Å²) in [5, 5.41) is 12.4. The highest BCUT2D eigenvalue weighted by Crippen LogP contribution is 2.30. The smallest absolute Gasteiger partial charge is 0.161 e. The van der Waals surface area contributed by atoms with Gasteiger partial charge in [0.1, 0.15) is 0 Å². The maximum atomic E-state index is 9.13. The van der Waals surface area contributed by atoms with Gasteiger partial charge in [-0.15, -0.1) is 0 Å². The molecule has 1 aliphatic rings. The predicted octanol–water partition coefficient (Wildman–Crippen LogP) is 1.71. The number of nitrogens with one attached hydrogen (secondary N) is 1. The Bertz CT molecular complexity index is 377. The van der Waals surface area contributed by atoms with E-state index in [1.54, 1.807) is 0 Å². The number of benzene rings is 1. The first-order valence-electron chi connectivity index (χ1n) is 6.56. The zero-order chi connectivity index (χ0) is 12.8. The summed E-state index contributed by atoms with van der Waals surface area (Å²) in [6, 6.07) is 6.15. The molecule has 2 N–H and O–H groups in total. The Morgan fingerprint density at radius 3 is 2.78 bits per heavy atom. The van der Waals surface area contributed by atoms with Crippen molar-refractivity contribution in [3.05, 3.63) is 23.8 Å². The molecule has 1 atom stereocenters. The van der Waals surface area contributed by atoms with Crippen LogP contribution in [0.1, 0.15) is 25.3 Å². The predicted molar refractivity (Wildman–Crippen MR) is 70.1 cm³/mol. The Balaban J connectivity index is 1.99. The molecule has 0 radical (unpaired) electrons. The minimum absolute atomic E-state index is 0.154. The van der Waals surface area contributed by atoms with Crippen molar-refractivity contribution in [3.8, 4) is 11.5 Å². The van der Waals surface area contributed by atoms with Crippen LogP contribution in [-0.2, 0) is 6.54 Å². The van der Waals surface area contributed by atoms with Crippen LogP contribution in [0.2, 0.25) is 0 Å². The first kappa shape index (κ1) is 13.2. The summed E-state index contributed by atoms with van der Waals surface area (Å²) in [5.41, 5.74) is 1.14. The average molecular weight is 251 g/mol. The molecule has 0 aliphatic carbocycles. The second-order valence-corrected chi connectivity index (χ2v) is 4.50. The Hall–Kier alpha value is -1.26. The van der Waals surface area contributed by atoms with Gasteiger partial charge in [-0.05, 0) is 24.1 Å². The zero-order valence-corrected chi connectivity index (χ0v) is 10.8. The summed E-state index contributed by atoms with van der Waals surface area (Å²) >= 11 is 0. The van der Waals surface area contributed by atoms with Crippen molar-refractivity contribution in [1.29, 1.82) is 0 Å². The van der Waals surface area contributed by atoms with Crippen molar-refractivity contribution in [2.24, 2.45) is 0 Å². The van der Waals surface area contributed by atoms with Gasteiger partial charge < -0.3 is 19.9 Å². The number of rotatable bonds is 5. The van der Waals surface area contributed by atoms with Gasteiger partial charge in [0.05, 0.1) is 19.8 Å². The second-order valence-electron chi connectivity index (χ2n) is 4.50. The van der Waals surface area contributed by atoms with E-state index in [1.807, 2.05) is 18.2 Å². The number of hydrogen-bond acceptors (Lipinski definition) is 4. The van der Waals surface area contributed by atoms with Crippen LogP contribution >= 0.6 is 0 Å². The topological polar surface area (TPSA) is 50.7 Å². The summed E-state index contributed by atoms with van der Waals surface area (Å²) in [7, 11) is 0. The molecule has 0 spiro atoms. The molecule has 100 valence electrons. The van der Waals surface area contributed by atoms with E-state index in [4.69, 9.17) is 14.6 Å². The fourth-order valence-electron chi connectivity index (χ4n) is 1.92. The maximum absolute atomic E-state index is 9.13. The summed E-state index contributed by atoms with van der Waals surface area (Å²) in [5.74, 6) is 1.65. The van der Waals surface area contributed by atoms with Crippen LogP contribution in [0.15, 0.2) is 18.2 Å². The molecule has 1 aromatic carbocycles. The summed E-state index contributed by atoms with van der Waals surface area (Å²) < 4.78 is 11.2. The van der Waals surface area contributed by atoms with Gasteiger partial charge in [0, 0.05) is 19.0 Å². The third-order valence-corrected chi connectivity index (χ3v) is 3.12. The van der Waals surface area contributed by atoms with Crippen LogP contribution in [0, 0.1) is 0 Å². The molecule has 1 aliphatic heterocycles. The van der Waals surface area contributed by atoms with Crippen LogP contribution in [0.25, 0.3) is 0 Å². The van der Waals surface area contributed by atoms with E-state index in [-0.39, 0.29) is 12.6 Å². The average Bonchev–Trinajstić information content (AvgIpc) is 2.64. The van der Waals surface area contributed by atoms with Crippen LogP contribution in [0.5, 0.6) is 11.5 Å². The summed E-state index contributed by atoms with van der Waals surface area (Å²) in [6.45, 7) is 4.38. The molecule has 1 aromatic rings. The van der Waals surface area contributed by atoms with Gasteiger partial charge in [0.2, 0.25) is 0 Å². The third-order valence-electron chi connectivity index (χ3n) is 3.12. The zero-order valence-electron chi connectivity index (χ0n) is 10.8. The van der Waals surface area contributed by atoms with Crippen LogP contribution in [0.4, 0.5) is 0 Å². The highest BCUT2D eigenvalue weighted by molar-refractivity contribution is 5.43. The Morgan fingerprint density at radius 2 is 2.06 bits per heavy atom. The van der Waals surface area contributed by atoms with Gasteiger partial charge in [-0.3, -0.25) is 0 Å². The van der Waals surface area contributed by atoms with Crippen LogP contribution in [-0.4, -0.2) is 31.0 Å². The molecule has 0 amide bonds. The van der Waals surface area contributed by atoms with Gasteiger partial charge >= 0.3 is 0 Å². The second kappa shape index (κ2) is 6.61. The normalized spacial score (nSPS) is 16.1. The quantitative estimate of drug-likeness (QED) is 0.836. The monoisotopic (exact) mass is 251 g/mol. The first-order chi connectivity index (χ1) is 8.83. The van der Waals surface area contributed by atoms with Gasteiger partial charge in [0.25, 0.3) is 0 Å². The van der Waals surface area contributed by atoms with Crippen molar-refractivity contribution < 1.29 is 14.6 Å². The summed E-state index contributed by atoms with van der Waals surface area (Å²) in [6.07, 6.45) is 1.84. The molecule has 1 heterocycles. The van der Waals surface area contributed by atoms with E-state index >= 15 is 0 Å². The van der Waals surface area contributed by atoms with E-state index in [0.717, 1.165) is 36.4 Å². The number of aliphatic hydroxyl groups excluding tert-OH is 1. The lowest BCUT2D eigenvalue weighted by molar-refractivity contribution is 0.238. The van der Waals surface area contributed by atoms with Crippen molar-refractivity contribution >= 4 is 0 Å². The minimum atomic E-state index is 0.154. The molecular weight excluding hydrogens is 230 g/mol. The molecule has 0 aromatic heterocycles. The van der Waals surface area contributed by atoms with Gasteiger partial charge in [-0.25, -0.2) is 0 Å². The molecule has 0 saturated heterocycles. The van der Waals surface area contributed by atoms with E-state index in [2.05, 4.69) is 12.2 Å². The third kappa shape index (κ3) is 3.37. The van der Waals surface area contributed by atoms with E-state index < -0.39 is 0 Å².